The molecule has 2 atom stereocenters. The molecule has 0 saturated carbocycles. The van der Waals surface area contributed by atoms with Gasteiger partial charge >= 0.3 is 0 Å². The standard InChI is InChI=1S/C18H17NO2/c1-19-17-14-9-5-4-7-12(14)11-6-2-3-8-13(11)15(17)10-16(20)18(19)21/h2-9,16,18,20-21H,10H2,1H3. The van der Waals surface area contributed by atoms with E-state index in [4.69, 9.17) is 0 Å². The van der Waals surface area contributed by atoms with Crippen molar-refractivity contribution in [2.75, 3.05) is 11.9 Å². The average Bonchev–Trinajstić information content (AvgIpc) is 2.52. The van der Waals surface area contributed by atoms with Crippen molar-refractivity contribution in [1.82, 2.24) is 0 Å². The van der Waals surface area contributed by atoms with Crippen LogP contribution in [0.5, 0.6) is 0 Å². The third kappa shape index (κ3) is 1.68. The molecule has 0 amide bonds. The van der Waals surface area contributed by atoms with E-state index in [0.29, 0.717) is 6.42 Å². The summed E-state index contributed by atoms with van der Waals surface area (Å²) in [5.74, 6) is 0. The Morgan fingerprint density at radius 1 is 0.857 bits per heavy atom. The Morgan fingerprint density at radius 3 is 2.05 bits per heavy atom. The van der Waals surface area contributed by atoms with Gasteiger partial charge in [-0.05, 0) is 21.7 Å². The van der Waals surface area contributed by atoms with E-state index in [9.17, 15) is 10.2 Å². The van der Waals surface area contributed by atoms with Gasteiger partial charge in [-0.2, -0.15) is 0 Å². The summed E-state index contributed by atoms with van der Waals surface area (Å²) in [6.45, 7) is 0. The molecule has 0 spiro atoms. The fraction of sp³-hybridized carbons (Fsp3) is 0.222. The Kier molecular flexibility index (Phi) is 2.67. The molecule has 3 heteroatoms. The van der Waals surface area contributed by atoms with Crippen molar-refractivity contribution in [3.05, 3.63) is 54.1 Å². The van der Waals surface area contributed by atoms with Gasteiger partial charge in [0.1, 0.15) is 6.10 Å². The first kappa shape index (κ1) is 12.6. The van der Waals surface area contributed by atoms with Crippen LogP contribution in [0.2, 0.25) is 0 Å². The summed E-state index contributed by atoms with van der Waals surface area (Å²) >= 11 is 0. The number of likely N-dealkylation sites (N-methyl/N-ethyl adjacent to an activating group) is 1. The highest BCUT2D eigenvalue weighted by Gasteiger charge is 2.32. The number of aliphatic hydroxyl groups excluding tert-OH is 2. The topological polar surface area (TPSA) is 43.7 Å². The van der Waals surface area contributed by atoms with Crippen LogP contribution in [0.15, 0.2) is 48.5 Å². The van der Waals surface area contributed by atoms with E-state index in [1.54, 1.807) is 4.90 Å². The summed E-state index contributed by atoms with van der Waals surface area (Å²) in [7, 11) is 1.84. The lowest BCUT2D eigenvalue weighted by atomic mass is 9.88. The molecule has 3 aromatic rings. The second kappa shape index (κ2) is 4.45. The smallest absolute Gasteiger partial charge is 0.153 e. The second-order valence-corrected chi connectivity index (χ2v) is 5.71. The zero-order valence-corrected chi connectivity index (χ0v) is 11.8. The van der Waals surface area contributed by atoms with E-state index in [1.807, 2.05) is 31.3 Å². The molecule has 0 aromatic heterocycles. The predicted octanol–water partition coefficient (Wildman–Crippen LogP) is 2.66. The maximum atomic E-state index is 10.2. The first-order valence-corrected chi connectivity index (χ1v) is 7.20. The van der Waals surface area contributed by atoms with Gasteiger partial charge < -0.3 is 15.1 Å². The normalized spacial score (nSPS) is 21.8. The summed E-state index contributed by atoms with van der Waals surface area (Å²) in [4.78, 5) is 1.79. The lowest BCUT2D eigenvalue weighted by molar-refractivity contribution is 0.0165. The molecule has 21 heavy (non-hydrogen) atoms. The fourth-order valence-electron chi connectivity index (χ4n) is 3.51. The molecule has 1 aliphatic rings. The van der Waals surface area contributed by atoms with Crippen LogP contribution in [-0.2, 0) is 6.42 Å². The molecule has 0 radical (unpaired) electrons. The molecule has 3 aromatic carbocycles. The zero-order chi connectivity index (χ0) is 14.6. The van der Waals surface area contributed by atoms with Crippen LogP contribution >= 0.6 is 0 Å². The predicted molar refractivity (Wildman–Crippen MR) is 85.6 cm³/mol. The van der Waals surface area contributed by atoms with E-state index in [0.717, 1.165) is 22.0 Å². The minimum atomic E-state index is -0.859. The molecule has 2 N–H and O–H groups in total. The number of fused-ring (bicyclic) bond motifs is 6. The number of hydrogen-bond donors (Lipinski definition) is 2. The number of nitrogens with zero attached hydrogens (tertiary/aromatic N) is 1. The quantitative estimate of drug-likeness (QED) is 0.622. The minimum Gasteiger partial charge on any atom is -0.388 e. The molecule has 0 fully saturated rings. The van der Waals surface area contributed by atoms with E-state index in [2.05, 4.69) is 24.3 Å². The molecule has 106 valence electrons. The summed E-state index contributed by atoms with van der Waals surface area (Å²) in [6, 6.07) is 16.5. The van der Waals surface area contributed by atoms with Crippen LogP contribution in [0, 0.1) is 0 Å². The summed E-state index contributed by atoms with van der Waals surface area (Å²) in [5.41, 5.74) is 2.15. The molecule has 0 saturated heterocycles. The van der Waals surface area contributed by atoms with Crippen LogP contribution in [-0.4, -0.2) is 29.6 Å². The highest BCUT2D eigenvalue weighted by molar-refractivity contribution is 6.15. The molecular formula is C18H17NO2. The third-order valence-electron chi connectivity index (χ3n) is 4.52. The van der Waals surface area contributed by atoms with Crippen molar-refractivity contribution in [3.63, 3.8) is 0 Å². The van der Waals surface area contributed by atoms with Crippen LogP contribution in [0.1, 0.15) is 5.56 Å². The van der Waals surface area contributed by atoms with Gasteiger partial charge in [-0.1, -0.05) is 48.5 Å². The van der Waals surface area contributed by atoms with Crippen molar-refractivity contribution in [3.8, 4) is 0 Å². The summed E-state index contributed by atoms with van der Waals surface area (Å²) in [6.07, 6.45) is -1.14. The molecule has 1 heterocycles. The first-order valence-electron chi connectivity index (χ1n) is 7.20. The number of hydrogen-bond acceptors (Lipinski definition) is 3. The van der Waals surface area contributed by atoms with Crippen molar-refractivity contribution >= 4 is 27.2 Å². The lowest BCUT2D eigenvalue weighted by Gasteiger charge is -2.37. The Morgan fingerprint density at radius 2 is 1.38 bits per heavy atom. The fourth-order valence-corrected chi connectivity index (χ4v) is 3.51. The van der Waals surface area contributed by atoms with Crippen molar-refractivity contribution in [1.29, 1.82) is 0 Å². The SMILES string of the molecule is CN1c2c(c3ccccc3c3ccccc23)CC(O)C1O. The summed E-state index contributed by atoms with van der Waals surface area (Å²) < 4.78 is 0. The molecule has 0 aliphatic carbocycles. The van der Waals surface area contributed by atoms with E-state index >= 15 is 0 Å². The molecule has 0 bridgehead atoms. The van der Waals surface area contributed by atoms with Crippen LogP contribution < -0.4 is 4.90 Å². The van der Waals surface area contributed by atoms with E-state index in [1.165, 1.54) is 10.8 Å². The van der Waals surface area contributed by atoms with Gasteiger partial charge in [-0.3, -0.25) is 0 Å². The second-order valence-electron chi connectivity index (χ2n) is 5.71. The Balaban J connectivity index is 2.21. The zero-order valence-electron chi connectivity index (χ0n) is 11.8. The Labute approximate surface area is 123 Å². The van der Waals surface area contributed by atoms with Gasteiger partial charge in [-0.25, -0.2) is 0 Å². The monoisotopic (exact) mass is 279 g/mol. The number of rotatable bonds is 0. The maximum Gasteiger partial charge on any atom is 0.153 e. The van der Waals surface area contributed by atoms with Crippen LogP contribution in [0.4, 0.5) is 5.69 Å². The average molecular weight is 279 g/mol. The van der Waals surface area contributed by atoms with Gasteiger partial charge in [-0.15, -0.1) is 0 Å². The highest BCUT2D eigenvalue weighted by atomic mass is 16.3. The van der Waals surface area contributed by atoms with E-state index in [-0.39, 0.29) is 0 Å². The van der Waals surface area contributed by atoms with Crippen molar-refractivity contribution in [2.45, 2.75) is 18.8 Å². The van der Waals surface area contributed by atoms with Gasteiger partial charge in [0.2, 0.25) is 0 Å². The molecule has 3 nitrogen and oxygen atoms in total. The van der Waals surface area contributed by atoms with Gasteiger partial charge in [0.05, 0.1) is 5.69 Å². The van der Waals surface area contributed by atoms with Crippen molar-refractivity contribution < 1.29 is 10.2 Å². The van der Waals surface area contributed by atoms with Gasteiger partial charge in [0.25, 0.3) is 0 Å². The minimum absolute atomic E-state index is 0.478. The molecule has 1 aliphatic heterocycles. The molecular weight excluding hydrogens is 262 g/mol. The number of aliphatic hydroxyl groups is 2. The largest absolute Gasteiger partial charge is 0.388 e. The summed E-state index contributed by atoms with van der Waals surface area (Å²) in [5, 5.41) is 25.0. The number of anilines is 1. The lowest BCUT2D eigenvalue weighted by Crippen LogP contribution is -2.46. The van der Waals surface area contributed by atoms with E-state index < -0.39 is 12.3 Å². The van der Waals surface area contributed by atoms with Gasteiger partial charge in [0.15, 0.2) is 6.23 Å². The molecule has 4 rings (SSSR count). The van der Waals surface area contributed by atoms with Gasteiger partial charge in [0, 0.05) is 18.9 Å². The Bertz CT molecular complexity index is 843. The van der Waals surface area contributed by atoms with Crippen LogP contribution in [0.25, 0.3) is 21.5 Å². The maximum absolute atomic E-state index is 10.2. The third-order valence-corrected chi connectivity index (χ3v) is 4.52. The van der Waals surface area contributed by atoms with Crippen molar-refractivity contribution in [2.24, 2.45) is 0 Å². The first-order chi connectivity index (χ1) is 10.2. The molecule has 2 unspecified atom stereocenters. The number of benzene rings is 3. The highest BCUT2D eigenvalue weighted by Crippen LogP contribution is 2.41. The Hall–Kier alpha value is -2.10. The van der Waals surface area contributed by atoms with Crippen LogP contribution in [0.3, 0.4) is 0 Å².